The van der Waals surface area contributed by atoms with Crippen LogP contribution in [0.5, 0.6) is 0 Å². The first kappa shape index (κ1) is 9.04. The molecule has 66 valence electrons. The molecule has 0 aliphatic heterocycles. The molecule has 6 nitrogen and oxygen atoms in total. The second-order valence-electron chi connectivity index (χ2n) is 1.91. The van der Waals surface area contributed by atoms with Gasteiger partial charge in [-0.2, -0.15) is 0 Å². The van der Waals surface area contributed by atoms with Crippen LogP contribution in [0.25, 0.3) is 0 Å². The van der Waals surface area contributed by atoms with Crippen LogP contribution in [0.2, 0.25) is 0 Å². The molecule has 1 aromatic heterocycles. The smallest absolute Gasteiger partial charge is 0.191 e. The van der Waals surface area contributed by atoms with Crippen molar-refractivity contribution in [1.82, 2.24) is 9.97 Å². The zero-order chi connectivity index (χ0) is 8.97. The second kappa shape index (κ2) is 4.10. The van der Waals surface area contributed by atoms with E-state index in [0.29, 0.717) is 16.8 Å². The lowest BCUT2D eigenvalue weighted by Gasteiger charge is -2.04. The monoisotopic (exact) mass is 186 g/mol. The highest BCUT2D eigenvalue weighted by molar-refractivity contribution is 7.98. The minimum Gasteiger partial charge on any atom is -0.308 e. The van der Waals surface area contributed by atoms with Crippen molar-refractivity contribution in [3.63, 3.8) is 0 Å². The van der Waals surface area contributed by atoms with Crippen molar-refractivity contribution in [1.29, 1.82) is 0 Å². The van der Waals surface area contributed by atoms with Crippen molar-refractivity contribution in [3.8, 4) is 0 Å². The molecule has 6 N–H and O–H groups in total. The fourth-order valence-electron chi connectivity index (χ4n) is 0.664. The fourth-order valence-corrected chi connectivity index (χ4v) is 1.04. The number of nitrogen functional groups attached to an aromatic ring is 2. The number of nitrogens with two attached hydrogens (primary N) is 2. The predicted molar refractivity (Wildman–Crippen MR) is 49.4 cm³/mol. The molecule has 0 aromatic carbocycles. The Hall–Kier alpha value is -1.05. The first-order valence-electron chi connectivity index (χ1n) is 3.16. The van der Waals surface area contributed by atoms with Crippen LogP contribution in [0.15, 0.2) is 11.2 Å². The molecule has 12 heavy (non-hydrogen) atoms. The molecule has 0 radical (unpaired) electrons. The summed E-state index contributed by atoms with van der Waals surface area (Å²) in [4.78, 5) is 8.08. The highest BCUT2D eigenvalue weighted by Crippen LogP contribution is 2.15. The first-order valence-corrected chi connectivity index (χ1v) is 4.39. The van der Waals surface area contributed by atoms with Crippen molar-refractivity contribution >= 4 is 23.4 Å². The van der Waals surface area contributed by atoms with Gasteiger partial charge in [-0.25, -0.2) is 21.7 Å². The minimum atomic E-state index is 0.530. The van der Waals surface area contributed by atoms with Crippen LogP contribution >= 0.6 is 11.8 Å². The molecule has 0 bridgehead atoms. The van der Waals surface area contributed by atoms with Crippen LogP contribution < -0.4 is 22.5 Å². The summed E-state index contributed by atoms with van der Waals surface area (Å²) >= 11 is 1.41. The Bertz CT molecular complexity index is 209. The molecule has 1 rings (SSSR count). The molecule has 7 heteroatoms. The van der Waals surface area contributed by atoms with Gasteiger partial charge in [0.2, 0.25) is 0 Å². The van der Waals surface area contributed by atoms with E-state index in [1.54, 1.807) is 6.07 Å². The van der Waals surface area contributed by atoms with Gasteiger partial charge in [-0.1, -0.05) is 11.8 Å². The first-order chi connectivity index (χ1) is 5.80. The fraction of sp³-hybridized carbons (Fsp3) is 0.200. The maximum absolute atomic E-state index is 5.18. The van der Waals surface area contributed by atoms with Crippen LogP contribution in [-0.2, 0) is 0 Å². The third-order valence-electron chi connectivity index (χ3n) is 1.18. The van der Waals surface area contributed by atoms with Gasteiger partial charge in [-0.3, -0.25) is 0 Å². The van der Waals surface area contributed by atoms with Crippen molar-refractivity contribution in [2.45, 2.75) is 5.16 Å². The van der Waals surface area contributed by atoms with Gasteiger partial charge >= 0.3 is 0 Å². The molecule has 0 fully saturated rings. The van der Waals surface area contributed by atoms with Crippen LogP contribution in [0, 0.1) is 0 Å². The van der Waals surface area contributed by atoms with Crippen molar-refractivity contribution in [2.75, 3.05) is 17.1 Å². The summed E-state index contributed by atoms with van der Waals surface area (Å²) in [5.74, 6) is 11.4. The van der Waals surface area contributed by atoms with E-state index in [2.05, 4.69) is 20.8 Å². The molecule has 0 saturated heterocycles. The predicted octanol–water partition coefficient (Wildman–Crippen LogP) is -0.230. The number of thioether (sulfide) groups is 1. The maximum atomic E-state index is 5.18. The maximum Gasteiger partial charge on any atom is 0.191 e. The molecule has 0 atom stereocenters. The number of nitrogens with one attached hydrogen (secondary N) is 2. The number of aromatic nitrogens is 2. The van der Waals surface area contributed by atoms with Crippen LogP contribution in [0.1, 0.15) is 0 Å². The highest BCUT2D eigenvalue weighted by Gasteiger charge is 2.00. The standard InChI is InChI=1S/C5H10N6S/c1-12-5-8-3(10-6)2-4(9-5)11-7/h2H,6-7H2,1H3,(H2,8,9,10,11). The van der Waals surface area contributed by atoms with Gasteiger partial charge in [0.15, 0.2) is 5.16 Å². The third-order valence-corrected chi connectivity index (χ3v) is 1.73. The quantitative estimate of drug-likeness (QED) is 0.224. The van der Waals surface area contributed by atoms with E-state index in [1.807, 2.05) is 6.26 Å². The minimum absolute atomic E-state index is 0.530. The molecular weight excluding hydrogens is 176 g/mol. The lowest BCUT2D eigenvalue weighted by atomic mass is 10.5. The number of hydrogen-bond acceptors (Lipinski definition) is 7. The SMILES string of the molecule is CSc1nc(NN)cc(NN)n1. The molecule has 1 heterocycles. The van der Waals surface area contributed by atoms with E-state index >= 15 is 0 Å². The molecule has 0 aliphatic rings. The van der Waals surface area contributed by atoms with Gasteiger partial charge in [0.05, 0.1) is 0 Å². The number of hydrazine groups is 2. The summed E-state index contributed by atoms with van der Waals surface area (Å²) in [7, 11) is 0. The van der Waals surface area contributed by atoms with E-state index in [1.165, 1.54) is 11.8 Å². The largest absolute Gasteiger partial charge is 0.308 e. The summed E-state index contributed by atoms with van der Waals surface area (Å²) in [6.45, 7) is 0. The second-order valence-corrected chi connectivity index (χ2v) is 2.69. The van der Waals surface area contributed by atoms with E-state index in [9.17, 15) is 0 Å². The lowest BCUT2D eigenvalue weighted by Crippen LogP contribution is -2.13. The summed E-state index contributed by atoms with van der Waals surface area (Å²) in [6, 6.07) is 1.61. The van der Waals surface area contributed by atoms with Crippen molar-refractivity contribution in [3.05, 3.63) is 6.07 Å². The Labute approximate surface area is 74.1 Å². The summed E-state index contributed by atoms with van der Waals surface area (Å²) in [5.41, 5.74) is 4.83. The van der Waals surface area contributed by atoms with Crippen molar-refractivity contribution < 1.29 is 0 Å². The van der Waals surface area contributed by atoms with E-state index < -0.39 is 0 Å². The molecule has 1 aromatic rings. The van der Waals surface area contributed by atoms with Crippen LogP contribution in [0.3, 0.4) is 0 Å². The van der Waals surface area contributed by atoms with Gasteiger partial charge < -0.3 is 10.9 Å². The summed E-state index contributed by atoms with van der Waals surface area (Å²) < 4.78 is 0. The molecule has 0 unspecified atom stereocenters. The number of rotatable bonds is 3. The molecule has 0 amide bonds. The number of anilines is 2. The number of nitrogens with zero attached hydrogens (tertiary/aromatic N) is 2. The Morgan fingerprint density at radius 3 is 2.08 bits per heavy atom. The molecule has 0 saturated carbocycles. The van der Waals surface area contributed by atoms with Gasteiger partial charge in [-0.05, 0) is 6.26 Å². The molecule has 0 aliphatic carbocycles. The molecule has 0 spiro atoms. The van der Waals surface area contributed by atoms with Gasteiger partial charge in [0.1, 0.15) is 11.6 Å². The molecular formula is C5H10N6S. The Morgan fingerprint density at radius 1 is 1.25 bits per heavy atom. The van der Waals surface area contributed by atoms with E-state index in [0.717, 1.165) is 0 Å². The van der Waals surface area contributed by atoms with Crippen molar-refractivity contribution in [2.24, 2.45) is 11.7 Å². The summed E-state index contributed by atoms with van der Waals surface area (Å²) in [6.07, 6.45) is 1.87. The average Bonchev–Trinajstić information content (AvgIpc) is 2.16. The normalized spacial score (nSPS) is 9.58. The number of hydrogen-bond donors (Lipinski definition) is 4. The average molecular weight is 186 g/mol. The van der Waals surface area contributed by atoms with Gasteiger partial charge in [0, 0.05) is 6.07 Å². The van der Waals surface area contributed by atoms with E-state index in [4.69, 9.17) is 11.7 Å². The lowest BCUT2D eigenvalue weighted by molar-refractivity contribution is 0.962. The zero-order valence-corrected chi connectivity index (χ0v) is 7.35. The van der Waals surface area contributed by atoms with Gasteiger partial charge in [0.25, 0.3) is 0 Å². The zero-order valence-electron chi connectivity index (χ0n) is 6.53. The Balaban J connectivity index is 3.01. The summed E-state index contributed by atoms with van der Waals surface area (Å²) in [5, 5.41) is 0.610. The Kier molecular flexibility index (Phi) is 3.09. The van der Waals surface area contributed by atoms with Gasteiger partial charge in [-0.15, -0.1) is 0 Å². The van der Waals surface area contributed by atoms with Crippen LogP contribution in [-0.4, -0.2) is 16.2 Å². The Morgan fingerprint density at radius 2 is 1.75 bits per heavy atom. The third kappa shape index (κ3) is 1.97. The van der Waals surface area contributed by atoms with Crippen LogP contribution in [0.4, 0.5) is 11.6 Å². The topological polar surface area (TPSA) is 102 Å². The highest BCUT2D eigenvalue weighted by atomic mass is 32.2. The van der Waals surface area contributed by atoms with E-state index in [-0.39, 0.29) is 0 Å².